The predicted octanol–water partition coefficient (Wildman–Crippen LogP) is 3.99. The third-order valence-electron chi connectivity index (χ3n) is 6.40. The lowest BCUT2D eigenvalue weighted by atomic mass is 9.88. The minimum absolute atomic E-state index is 0. The highest BCUT2D eigenvalue weighted by Gasteiger charge is 2.31. The monoisotopic (exact) mass is 556 g/mol. The highest BCUT2D eigenvalue weighted by atomic mass is 127. The summed E-state index contributed by atoms with van der Waals surface area (Å²) in [5.41, 5.74) is 1.32. The average molecular weight is 557 g/mol. The molecular formula is C25H41IN4O2. The highest BCUT2D eigenvalue weighted by Crippen LogP contribution is 2.26. The number of nitrogens with one attached hydrogen (secondary N) is 2. The lowest BCUT2D eigenvalue weighted by molar-refractivity contribution is -0.135. The van der Waals surface area contributed by atoms with Crippen LogP contribution in [0, 0.1) is 5.92 Å². The molecule has 1 aromatic rings. The number of carbonyl (C=O) groups is 1. The molecule has 1 saturated heterocycles. The van der Waals surface area contributed by atoms with Crippen LogP contribution < -0.4 is 10.6 Å². The Morgan fingerprint density at radius 3 is 2.62 bits per heavy atom. The molecular weight excluding hydrogens is 515 g/mol. The first kappa shape index (κ1) is 26.9. The number of nitrogens with zero attached hydrogens (tertiary/aromatic N) is 2. The van der Waals surface area contributed by atoms with E-state index in [1.807, 2.05) is 13.1 Å². The van der Waals surface area contributed by atoms with E-state index >= 15 is 0 Å². The number of rotatable bonds is 10. The molecule has 1 aromatic carbocycles. The SMILES string of the molecule is CN=C(NCCCCOCCc1ccccc1)NC1CCN(C(=O)C2CCCCC2)C1.I. The first-order valence-electron chi connectivity index (χ1n) is 12.1. The van der Waals surface area contributed by atoms with Crippen molar-refractivity contribution in [2.45, 2.75) is 63.8 Å². The van der Waals surface area contributed by atoms with Crippen LogP contribution in [0.4, 0.5) is 0 Å². The van der Waals surface area contributed by atoms with E-state index in [2.05, 4.69) is 44.8 Å². The Morgan fingerprint density at radius 2 is 1.88 bits per heavy atom. The normalized spacial score (nSPS) is 19.5. The summed E-state index contributed by atoms with van der Waals surface area (Å²) in [7, 11) is 1.81. The number of aliphatic imine (C=N–C) groups is 1. The Bertz CT molecular complexity index is 680. The zero-order chi connectivity index (χ0) is 21.7. The van der Waals surface area contributed by atoms with Crippen LogP contribution in [0.15, 0.2) is 35.3 Å². The molecule has 2 aliphatic rings. The van der Waals surface area contributed by atoms with Gasteiger partial charge in [0.15, 0.2) is 5.96 Å². The molecule has 1 heterocycles. The van der Waals surface area contributed by atoms with Crippen molar-refractivity contribution in [2.24, 2.45) is 10.9 Å². The van der Waals surface area contributed by atoms with E-state index in [0.717, 1.165) is 77.3 Å². The molecule has 6 nitrogen and oxygen atoms in total. The van der Waals surface area contributed by atoms with E-state index in [1.165, 1.54) is 24.8 Å². The number of halogens is 1. The zero-order valence-corrected chi connectivity index (χ0v) is 21.9. The van der Waals surface area contributed by atoms with Crippen molar-refractivity contribution in [3.8, 4) is 0 Å². The van der Waals surface area contributed by atoms with E-state index < -0.39 is 0 Å². The second kappa shape index (κ2) is 15.5. The molecule has 1 unspecified atom stereocenters. The Hall–Kier alpha value is -1.35. The lowest BCUT2D eigenvalue weighted by Crippen LogP contribution is -2.45. The van der Waals surface area contributed by atoms with Gasteiger partial charge in [0.05, 0.1) is 6.61 Å². The smallest absolute Gasteiger partial charge is 0.225 e. The van der Waals surface area contributed by atoms with Gasteiger partial charge in [0.2, 0.25) is 5.91 Å². The van der Waals surface area contributed by atoms with Crippen LogP contribution >= 0.6 is 24.0 Å². The minimum atomic E-state index is 0. The maximum atomic E-state index is 12.7. The molecule has 0 bridgehead atoms. The van der Waals surface area contributed by atoms with Gasteiger partial charge in [-0.05, 0) is 44.1 Å². The first-order chi connectivity index (χ1) is 15.3. The van der Waals surface area contributed by atoms with E-state index in [-0.39, 0.29) is 29.9 Å². The van der Waals surface area contributed by atoms with Crippen molar-refractivity contribution < 1.29 is 9.53 Å². The van der Waals surface area contributed by atoms with Crippen LogP contribution in [-0.4, -0.2) is 62.7 Å². The largest absolute Gasteiger partial charge is 0.381 e. The number of guanidine groups is 1. The Balaban J connectivity index is 0.00000363. The second-order valence-corrected chi connectivity index (χ2v) is 8.80. The van der Waals surface area contributed by atoms with Crippen molar-refractivity contribution in [3.63, 3.8) is 0 Å². The number of benzene rings is 1. The van der Waals surface area contributed by atoms with Gasteiger partial charge < -0.3 is 20.3 Å². The molecule has 1 amide bonds. The summed E-state index contributed by atoms with van der Waals surface area (Å²) in [6.45, 7) is 4.11. The fourth-order valence-electron chi connectivity index (χ4n) is 4.55. The van der Waals surface area contributed by atoms with Crippen LogP contribution in [0.3, 0.4) is 0 Å². The summed E-state index contributed by atoms with van der Waals surface area (Å²) >= 11 is 0. The zero-order valence-electron chi connectivity index (χ0n) is 19.6. The quantitative estimate of drug-likeness (QED) is 0.198. The highest BCUT2D eigenvalue weighted by molar-refractivity contribution is 14.0. The van der Waals surface area contributed by atoms with E-state index in [9.17, 15) is 4.79 Å². The fraction of sp³-hybridized carbons (Fsp3) is 0.680. The van der Waals surface area contributed by atoms with Gasteiger partial charge in [-0.25, -0.2) is 0 Å². The van der Waals surface area contributed by atoms with Gasteiger partial charge in [-0.1, -0.05) is 49.6 Å². The summed E-state index contributed by atoms with van der Waals surface area (Å²) in [6, 6.07) is 10.8. The number of unbranched alkanes of at least 4 members (excludes halogenated alkanes) is 1. The van der Waals surface area contributed by atoms with E-state index in [0.29, 0.717) is 11.9 Å². The third-order valence-corrected chi connectivity index (χ3v) is 6.40. The molecule has 0 aromatic heterocycles. The third kappa shape index (κ3) is 9.25. The van der Waals surface area contributed by atoms with Crippen molar-refractivity contribution in [1.82, 2.24) is 15.5 Å². The molecule has 7 heteroatoms. The van der Waals surface area contributed by atoms with Gasteiger partial charge in [-0.15, -0.1) is 24.0 Å². The summed E-state index contributed by atoms with van der Waals surface area (Å²) in [6.07, 6.45) is 9.90. The molecule has 1 aliphatic heterocycles. The summed E-state index contributed by atoms with van der Waals surface area (Å²) in [4.78, 5) is 19.2. The molecule has 1 aliphatic carbocycles. The maximum absolute atomic E-state index is 12.7. The molecule has 1 atom stereocenters. The van der Waals surface area contributed by atoms with Crippen molar-refractivity contribution in [1.29, 1.82) is 0 Å². The Labute approximate surface area is 211 Å². The molecule has 0 spiro atoms. The second-order valence-electron chi connectivity index (χ2n) is 8.80. The summed E-state index contributed by atoms with van der Waals surface area (Å²) < 4.78 is 5.75. The Kier molecular flexibility index (Phi) is 13.0. The van der Waals surface area contributed by atoms with Gasteiger partial charge in [-0.2, -0.15) is 0 Å². The van der Waals surface area contributed by atoms with Gasteiger partial charge in [-0.3, -0.25) is 9.79 Å². The molecule has 1 saturated carbocycles. The molecule has 32 heavy (non-hydrogen) atoms. The van der Waals surface area contributed by atoms with E-state index in [4.69, 9.17) is 4.74 Å². The van der Waals surface area contributed by atoms with Crippen molar-refractivity contribution in [3.05, 3.63) is 35.9 Å². The van der Waals surface area contributed by atoms with Crippen LogP contribution in [0.5, 0.6) is 0 Å². The number of hydrogen-bond donors (Lipinski definition) is 2. The number of likely N-dealkylation sites (tertiary alicyclic amines) is 1. The van der Waals surface area contributed by atoms with Crippen LogP contribution in [-0.2, 0) is 16.0 Å². The first-order valence-corrected chi connectivity index (χ1v) is 12.1. The molecule has 2 N–H and O–H groups in total. The molecule has 3 rings (SSSR count). The lowest BCUT2D eigenvalue weighted by Gasteiger charge is -2.26. The summed E-state index contributed by atoms with van der Waals surface area (Å²) in [5, 5.41) is 6.90. The van der Waals surface area contributed by atoms with Crippen LogP contribution in [0.1, 0.15) is 56.9 Å². The molecule has 2 fully saturated rings. The summed E-state index contributed by atoms with van der Waals surface area (Å²) in [5.74, 6) is 1.47. The Morgan fingerprint density at radius 1 is 1.09 bits per heavy atom. The predicted molar refractivity (Wildman–Crippen MR) is 142 cm³/mol. The van der Waals surface area contributed by atoms with Gasteiger partial charge in [0, 0.05) is 45.2 Å². The van der Waals surface area contributed by atoms with Gasteiger partial charge >= 0.3 is 0 Å². The topological polar surface area (TPSA) is 66.0 Å². The fourth-order valence-corrected chi connectivity index (χ4v) is 4.55. The number of amides is 1. The van der Waals surface area contributed by atoms with Gasteiger partial charge in [0.1, 0.15) is 0 Å². The van der Waals surface area contributed by atoms with Crippen LogP contribution in [0.25, 0.3) is 0 Å². The number of carbonyl (C=O) groups excluding carboxylic acids is 1. The number of hydrogen-bond acceptors (Lipinski definition) is 3. The maximum Gasteiger partial charge on any atom is 0.225 e. The minimum Gasteiger partial charge on any atom is -0.381 e. The molecule has 0 radical (unpaired) electrons. The van der Waals surface area contributed by atoms with Crippen molar-refractivity contribution in [2.75, 3.05) is 39.9 Å². The van der Waals surface area contributed by atoms with E-state index in [1.54, 1.807) is 0 Å². The van der Waals surface area contributed by atoms with Gasteiger partial charge in [0.25, 0.3) is 0 Å². The molecule has 180 valence electrons. The standard InChI is InChI=1S/C25H40N4O2.HI/c1-26-25(27-16-8-9-18-31-19-15-21-10-4-2-5-11-21)28-23-14-17-29(20-23)24(30)22-12-6-3-7-13-22;/h2,4-5,10-11,22-23H,3,6-9,12-20H2,1H3,(H2,26,27,28);1H. The average Bonchev–Trinajstić information content (AvgIpc) is 3.29. The van der Waals surface area contributed by atoms with Crippen molar-refractivity contribution >= 4 is 35.8 Å². The number of ether oxygens (including phenoxy) is 1. The van der Waals surface area contributed by atoms with Crippen LogP contribution in [0.2, 0.25) is 0 Å².